The van der Waals surface area contributed by atoms with Crippen LogP contribution in [0.1, 0.15) is 72.7 Å². The van der Waals surface area contributed by atoms with Gasteiger partial charge in [0.05, 0.1) is 36.7 Å². The van der Waals surface area contributed by atoms with E-state index < -0.39 is 0 Å². The zero-order valence-electron chi connectivity index (χ0n) is 14.9. The quantitative estimate of drug-likeness (QED) is 0.912. The molecule has 0 radical (unpaired) electrons. The largest absolute Gasteiger partial charge is 0.369 e. The maximum atomic E-state index is 12.7. The number of fused-ring (bicyclic) bond motifs is 1. The molecule has 1 aliphatic carbocycles. The van der Waals surface area contributed by atoms with Gasteiger partial charge in [0.2, 0.25) is 0 Å². The molecule has 3 heterocycles. The second kappa shape index (κ2) is 6.25. The minimum absolute atomic E-state index is 0.0839. The van der Waals surface area contributed by atoms with Gasteiger partial charge in [-0.25, -0.2) is 4.68 Å². The average molecular weight is 344 g/mol. The topological polar surface area (TPSA) is 86.9 Å². The van der Waals surface area contributed by atoms with Crippen molar-refractivity contribution in [3.63, 3.8) is 0 Å². The first-order chi connectivity index (χ1) is 12.0. The third-order valence-corrected chi connectivity index (χ3v) is 5.14. The number of rotatable bonds is 4. The van der Waals surface area contributed by atoms with E-state index in [9.17, 15) is 4.79 Å². The maximum absolute atomic E-state index is 12.7. The lowest BCUT2D eigenvalue weighted by molar-refractivity contribution is -0.00710. The van der Waals surface area contributed by atoms with Crippen molar-refractivity contribution in [2.75, 3.05) is 0 Å². The highest BCUT2D eigenvalue weighted by Gasteiger charge is 2.31. The van der Waals surface area contributed by atoms with E-state index in [0.717, 1.165) is 29.8 Å². The Morgan fingerprint density at radius 1 is 1.40 bits per heavy atom. The lowest BCUT2D eigenvalue weighted by Gasteiger charge is -2.24. The fourth-order valence-corrected chi connectivity index (χ4v) is 3.63. The number of ether oxygens (including phenoxy) is 1. The zero-order valence-corrected chi connectivity index (χ0v) is 14.9. The summed E-state index contributed by atoms with van der Waals surface area (Å²) in [5, 5.41) is 15.8. The number of hydrogen-bond donors (Lipinski definition) is 1. The predicted molar refractivity (Wildman–Crippen MR) is 90.0 cm³/mol. The molecule has 25 heavy (non-hydrogen) atoms. The highest BCUT2D eigenvalue weighted by Crippen LogP contribution is 2.31. The van der Waals surface area contributed by atoms with Gasteiger partial charge in [-0.2, -0.15) is 5.10 Å². The average Bonchev–Trinajstić information content (AvgIpc) is 3.08. The van der Waals surface area contributed by atoms with E-state index in [1.165, 1.54) is 6.42 Å². The summed E-state index contributed by atoms with van der Waals surface area (Å²) in [6.07, 6.45) is 6.20. The Hall–Kier alpha value is -2.22. The molecule has 0 unspecified atom stereocenters. The standard InChI is InChI=1S/C17H24N6O2/c1-10-7-14-15(11(2)25-10)20-22(3)16(14)17(24)18-8-12-9-23(21-19-12)13-5-4-6-13/h9-11,13H,4-8H2,1-3H3,(H,18,24)/t10-,11+/m1/s1. The molecule has 4 rings (SSSR count). The van der Waals surface area contributed by atoms with Gasteiger partial charge < -0.3 is 10.1 Å². The first-order valence-corrected chi connectivity index (χ1v) is 8.93. The molecular formula is C17H24N6O2. The molecule has 0 saturated heterocycles. The molecule has 134 valence electrons. The van der Waals surface area contributed by atoms with E-state index in [-0.39, 0.29) is 18.1 Å². The van der Waals surface area contributed by atoms with Crippen LogP contribution in [-0.4, -0.2) is 36.8 Å². The molecule has 1 N–H and O–H groups in total. The molecule has 0 aromatic carbocycles. The van der Waals surface area contributed by atoms with Gasteiger partial charge >= 0.3 is 0 Å². The Bertz CT molecular complexity index is 791. The summed E-state index contributed by atoms with van der Waals surface area (Å²) in [5.74, 6) is -0.129. The molecule has 1 aliphatic heterocycles. The lowest BCUT2D eigenvalue weighted by Crippen LogP contribution is -2.28. The third kappa shape index (κ3) is 2.95. The van der Waals surface area contributed by atoms with Crippen LogP contribution >= 0.6 is 0 Å². The predicted octanol–water partition coefficient (Wildman–Crippen LogP) is 1.69. The van der Waals surface area contributed by atoms with Crippen LogP contribution in [0, 0.1) is 0 Å². The summed E-state index contributed by atoms with van der Waals surface area (Å²) in [6, 6.07) is 0.476. The number of aromatic nitrogens is 5. The molecular weight excluding hydrogens is 320 g/mol. The number of carbonyl (C=O) groups is 1. The molecule has 0 spiro atoms. The first-order valence-electron chi connectivity index (χ1n) is 8.93. The van der Waals surface area contributed by atoms with Crippen molar-refractivity contribution >= 4 is 5.91 Å². The minimum Gasteiger partial charge on any atom is -0.369 e. The summed E-state index contributed by atoms with van der Waals surface area (Å²) in [7, 11) is 1.80. The number of aryl methyl sites for hydroxylation is 1. The molecule has 1 amide bonds. The minimum atomic E-state index is -0.129. The number of nitrogens with one attached hydrogen (secondary N) is 1. The zero-order chi connectivity index (χ0) is 17.6. The van der Waals surface area contributed by atoms with Gasteiger partial charge in [0, 0.05) is 19.0 Å². The Kier molecular flexibility index (Phi) is 4.07. The summed E-state index contributed by atoms with van der Waals surface area (Å²) in [5.41, 5.74) is 3.25. The maximum Gasteiger partial charge on any atom is 0.270 e. The summed E-state index contributed by atoms with van der Waals surface area (Å²) in [4.78, 5) is 12.7. The van der Waals surface area contributed by atoms with Crippen LogP contribution in [0.4, 0.5) is 0 Å². The summed E-state index contributed by atoms with van der Waals surface area (Å²) >= 11 is 0. The Morgan fingerprint density at radius 3 is 2.92 bits per heavy atom. The van der Waals surface area contributed by atoms with Crippen LogP contribution in [0.25, 0.3) is 0 Å². The van der Waals surface area contributed by atoms with Crippen LogP contribution in [0.2, 0.25) is 0 Å². The van der Waals surface area contributed by atoms with E-state index in [1.54, 1.807) is 11.7 Å². The molecule has 1 saturated carbocycles. The lowest BCUT2D eigenvalue weighted by atomic mass is 9.93. The third-order valence-electron chi connectivity index (χ3n) is 5.14. The fraction of sp³-hybridized carbons (Fsp3) is 0.647. The smallest absolute Gasteiger partial charge is 0.270 e. The Labute approximate surface area is 146 Å². The second-order valence-electron chi connectivity index (χ2n) is 7.09. The van der Waals surface area contributed by atoms with Crippen molar-refractivity contribution in [2.45, 2.75) is 64.3 Å². The van der Waals surface area contributed by atoms with Crippen LogP contribution in [0.3, 0.4) is 0 Å². The number of hydrogen-bond acceptors (Lipinski definition) is 5. The fourth-order valence-electron chi connectivity index (χ4n) is 3.63. The molecule has 2 aromatic heterocycles. The van der Waals surface area contributed by atoms with Crippen molar-refractivity contribution in [1.82, 2.24) is 30.1 Å². The molecule has 2 aromatic rings. The summed E-state index contributed by atoms with van der Waals surface area (Å²) < 4.78 is 9.37. The molecule has 8 heteroatoms. The van der Waals surface area contributed by atoms with Crippen molar-refractivity contribution < 1.29 is 9.53 Å². The first kappa shape index (κ1) is 16.3. The molecule has 1 fully saturated rings. The summed E-state index contributed by atoms with van der Waals surface area (Å²) in [6.45, 7) is 4.36. The van der Waals surface area contributed by atoms with E-state index >= 15 is 0 Å². The normalized spacial score (nSPS) is 23.2. The van der Waals surface area contributed by atoms with Crippen molar-refractivity contribution in [1.29, 1.82) is 0 Å². The van der Waals surface area contributed by atoms with Crippen molar-refractivity contribution in [3.8, 4) is 0 Å². The van der Waals surface area contributed by atoms with Gasteiger partial charge in [-0.15, -0.1) is 5.10 Å². The molecule has 8 nitrogen and oxygen atoms in total. The SMILES string of the molecule is C[C@@H]1Cc2c(nn(C)c2C(=O)NCc2cn(C3CCC3)nn2)[C@H](C)O1. The Morgan fingerprint density at radius 2 is 2.20 bits per heavy atom. The number of carbonyl (C=O) groups excluding carboxylic acids is 1. The van der Waals surface area contributed by atoms with E-state index in [4.69, 9.17) is 4.74 Å². The number of nitrogens with zero attached hydrogens (tertiary/aromatic N) is 5. The molecule has 2 atom stereocenters. The van der Waals surface area contributed by atoms with Crippen molar-refractivity contribution in [2.24, 2.45) is 7.05 Å². The van der Waals surface area contributed by atoms with Crippen LogP contribution in [0.5, 0.6) is 0 Å². The van der Waals surface area contributed by atoms with Crippen LogP contribution in [-0.2, 0) is 24.8 Å². The van der Waals surface area contributed by atoms with E-state index in [2.05, 4.69) is 20.7 Å². The van der Waals surface area contributed by atoms with Crippen LogP contribution < -0.4 is 5.32 Å². The highest BCUT2D eigenvalue weighted by molar-refractivity contribution is 5.94. The van der Waals surface area contributed by atoms with Gasteiger partial charge in [0.25, 0.3) is 5.91 Å². The molecule has 2 aliphatic rings. The highest BCUT2D eigenvalue weighted by atomic mass is 16.5. The van der Waals surface area contributed by atoms with Crippen LogP contribution in [0.15, 0.2) is 6.20 Å². The molecule has 0 bridgehead atoms. The Balaban J connectivity index is 1.47. The monoisotopic (exact) mass is 344 g/mol. The van der Waals surface area contributed by atoms with Gasteiger partial charge in [0.1, 0.15) is 11.4 Å². The van der Waals surface area contributed by atoms with Gasteiger partial charge in [-0.05, 0) is 33.1 Å². The van der Waals surface area contributed by atoms with Gasteiger partial charge in [-0.1, -0.05) is 5.21 Å². The second-order valence-corrected chi connectivity index (χ2v) is 7.09. The van der Waals surface area contributed by atoms with E-state index in [0.29, 0.717) is 24.7 Å². The van der Waals surface area contributed by atoms with Gasteiger partial charge in [0.15, 0.2) is 0 Å². The van der Waals surface area contributed by atoms with Crippen molar-refractivity contribution in [3.05, 3.63) is 28.8 Å². The van der Waals surface area contributed by atoms with E-state index in [1.807, 2.05) is 24.7 Å². The van der Waals surface area contributed by atoms with Gasteiger partial charge in [-0.3, -0.25) is 9.48 Å². The number of amides is 1.